The number of rotatable bonds is 6. The predicted molar refractivity (Wildman–Crippen MR) is 130 cm³/mol. The fourth-order valence-electron chi connectivity index (χ4n) is 3.59. The summed E-state index contributed by atoms with van der Waals surface area (Å²) in [5.74, 6) is 0.374. The normalized spacial score (nSPS) is 12.2. The van der Waals surface area contributed by atoms with Gasteiger partial charge < -0.3 is 11.1 Å². The van der Waals surface area contributed by atoms with Gasteiger partial charge in [-0.15, -0.1) is 0 Å². The number of carbonyl (C=O) groups excluding carboxylic acids is 1. The molecule has 1 atom stereocenters. The lowest BCUT2D eigenvalue weighted by Gasteiger charge is -2.21. The van der Waals surface area contributed by atoms with Crippen molar-refractivity contribution in [3.8, 4) is 5.69 Å². The number of hydrogen-bond acceptors (Lipinski definition) is 7. The zero-order valence-electron chi connectivity index (χ0n) is 18.4. The van der Waals surface area contributed by atoms with Crippen molar-refractivity contribution < 1.29 is 4.79 Å². The van der Waals surface area contributed by atoms with Gasteiger partial charge in [-0.3, -0.25) is 14.2 Å². The maximum absolute atomic E-state index is 13.6. The Bertz CT molecular complexity index is 1400. The molecule has 0 saturated heterocycles. The molecule has 0 amide bonds. The van der Waals surface area contributed by atoms with E-state index in [1.54, 1.807) is 32.0 Å². The average Bonchev–Trinajstić information content (AvgIpc) is 2.79. The Labute approximate surface area is 195 Å². The quantitative estimate of drug-likeness (QED) is 0.407. The number of carbonyl (C=O) groups is 1. The second kappa shape index (κ2) is 8.99. The van der Waals surface area contributed by atoms with Crippen molar-refractivity contribution in [2.45, 2.75) is 26.8 Å². The van der Waals surface area contributed by atoms with Gasteiger partial charge in [0.25, 0.3) is 5.56 Å². The van der Waals surface area contributed by atoms with Crippen LogP contribution >= 0.6 is 11.6 Å². The van der Waals surface area contributed by atoms with Crippen LogP contribution in [0.3, 0.4) is 0 Å². The number of nitrogens with two attached hydrogens (primary N) is 1. The third-order valence-corrected chi connectivity index (χ3v) is 5.54. The van der Waals surface area contributed by atoms with Crippen LogP contribution in [0.1, 0.15) is 43.0 Å². The Morgan fingerprint density at radius 3 is 2.48 bits per heavy atom. The van der Waals surface area contributed by atoms with E-state index >= 15 is 0 Å². The van der Waals surface area contributed by atoms with Crippen LogP contribution in [-0.2, 0) is 0 Å². The van der Waals surface area contributed by atoms with E-state index in [2.05, 4.69) is 15.3 Å². The number of hydrogen-bond donors (Lipinski definition) is 2. The molecule has 0 unspecified atom stereocenters. The number of Topliss-reactive ketones (excluding diaryl/α,β-unsaturated/α-hetero) is 1. The van der Waals surface area contributed by atoms with Crippen molar-refractivity contribution in [3.63, 3.8) is 0 Å². The summed E-state index contributed by atoms with van der Waals surface area (Å²) in [5, 5.41) is 3.88. The summed E-state index contributed by atoms with van der Waals surface area (Å²) >= 11 is 6.35. The number of halogens is 1. The maximum atomic E-state index is 13.6. The number of ketones is 1. The molecule has 2 aromatic carbocycles. The van der Waals surface area contributed by atoms with Crippen molar-refractivity contribution in [1.82, 2.24) is 19.5 Å². The second-order valence-electron chi connectivity index (χ2n) is 7.96. The Kier molecular flexibility index (Phi) is 6.11. The molecule has 2 aromatic heterocycles. The van der Waals surface area contributed by atoms with Crippen LogP contribution in [0.4, 0.5) is 11.8 Å². The Morgan fingerprint density at radius 1 is 1.06 bits per heavy atom. The Morgan fingerprint density at radius 2 is 1.79 bits per heavy atom. The van der Waals surface area contributed by atoms with E-state index < -0.39 is 6.04 Å². The molecule has 2 heterocycles. The molecule has 4 rings (SSSR count). The van der Waals surface area contributed by atoms with Crippen LogP contribution in [0.15, 0.2) is 59.5 Å². The highest BCUT2D eigenvalue weighted by atomic mass is 35.5. The van der Waals surface area contributed by atoms with Gasteiger partial charge >= 0.3 is 0 Å². The summed E-state index contributed by atoms with van der Waals surface area (Å²) in [6.07, 6.45) is 1.41. The third kappa shape index (κ3) is 4.29. The monoisotopic (exact) mass is 462 g/mol. The van der Waals surface area contributed by atoms with Crippen LogP contribution in [0.25, 0.3) is 16.6 Å². The van der Waals surface area contributed by atoms with Gasteiger partial charge in [0.15, 0.2) is 5.78 Å². The zero-order valence-corrected chi connectivity index (χ0v) is 19.2. The van der Waals surface area contributed by atoms with Gasteiger partial charge in [0, 0.05) is 12.1 Å². The molecule has 0 aliphatic heterocycles. The summed E-state index contributed by atoms with van der Waals surface area (Å²) in [5.41, 5.74) is 6.94. The summed E-state index contributed by atoms with van der Waals surface area (Å²) < 4.78 is 1.51. The second-order valence-corrected chi connectivity index (χ2v) is 8.36. The number of nitrogens with one attached hydrogen (secondary N) is 1. The summed E-state index contributed by atoms with van der Waals surface area (Å²) in [7, 11) is 0. The number of nitrogen functional groups attached to an aromatic ring is 1. The van der Waals surface area contributed by atoms with Crippen molar-refractivity contribution in [1.29, 1.82) is 0 Å². The number of fused-ring (bicyclic) bond motifs is 1. The molecule has 0 saturated carbocycles. The Hall–Kier alpha value is -3.78. The molecule has 3 N–H and O–H groups in total. The Balaban J connectivity index is 1.90. The molecular weight excluding hydrogens is 440 g/mol. The SMILES string of the molecule is CC(C)C(=O)c1cnc(N)nc1N[C@@H](C)c1nc2cccc(Cl)c2c(=O)n1-c1ccccc1. The molecule has 168 valence electrons. The van der Waals surface area contributed by atoms with Crippen molar-refractivity contribution in [2.24, 2.45) is 5.92 Å². The van der Waals surface area contributed by atoms with Crippen LogP contribution < -0.4 is 16.6 Å². The lowest BCUT2D eigenvalue weighted by molar-refractivity contribution is 0.0939. The minimum Gasteiger partial charge on any atom is -0.368 e. The van der Waals surface area contributed by atoms with Gasteiger partial charge in [-0.2, -0.15) is 4.98 Å². The van der Waals surface area contributed by atoms with Gasteiger partial charge in [0.1, 0.15) is 11.6 Å². The van der Waals surface area contributed by atoms with Gasteiger partial charge in [0.05, 0.1) is 33.2 Å². The molecule has 4 aromatic rings. The largest absolute Gasteiger partial charge is 0.368 e. The lowest BCUT2D eigenvalue weighted by atomic mass is 10.0. The molecule has 33 heavy (non-hydrogen) atoms. The van der Waals surface area contributed by atoms with E-state index in [9.17, 15) is 9.59 Å². The minimum absolute atomic E-state index is 0.0312. The highest BCUT2D eigenvalue weighted by Gasteiger charge is 2.23. The molecule has 0 spiro atoms. The summed E-state index contributed by atoms with van der Waals surface area (Å²) in [6, 6.07) is 13.8. The molecular formula is C24H23ClN6O2. The smallest absolute Gasteiger partial charge is 0.267 e. The van der Waals surface area contributed by atoms with Gasteiger partial charge in [-0.1, -0.05) is 49.7 Å². The first kappa shape index (κ1) is 22.4. The van der Waals surface area contributed by atoms with E-state index in [1.807, 2.05) is 37.3 Å². The standard InChI is InChI=1S/C24H23ClN6O2/c1-13(2)20(32)16-12-27-24(26)30-21(16)28-14(3)22-29-18-11-7-10-17(25)19(18)23(33)31(22)15-8-5-4-6-9-15/h4-14H,1-3H3,(H3,26,27,28,30)/t14-/m0/s1. The van der Waals surface area contributed by atoms with Crippen molar-refractivity contribution in [2.75, 3.05) is 11.1 Å². The van der Waals surface area contributed by atoms with Crippen LogP contribution in [0.5, 0.6) is 0 Å². The number of nitrogens with zero attached hydrogens (tertiary/aromatic N) is 4. The first-order chi connectivity index (χ1) is 15.8. The van der Waals surface area contributed by atoms with Gasteiger partial charge in [-0.25, -0.2) is 9.97 Å². The number of aromatic nitrogens is 4. The third-order valence-electron chi connectivity index (χ3n) is 5.22. The van der Waals surface area contributed by atoms with E-state index in [0.717, 1.165) is 0 Å². The number of benzene rings is 2. The van der Waals surface area contributed by atoms with Crippen LogP contribution in [-0.4, -0.2) is 25.3 Å². The molecule has 0 fully saturated rings. The fraction of sp³-hybridized carbons (Fsp3) is 0.208. The fourth-order valence-corrected chi connectivity index (χ4v) is 3.84. The maximum Gasteiger partial charge on any atom is 0.267 e. The topological polar surface area (TPSA) is 116 Å². The molecule has 9 heteroatoms. The van der Waals surface area contributed by atoms with Crippen LogP contribution in [0.2, 0.25) is 5.02 Å². The summed E-state index contributed by atoms with van der Waals surface area (Å²) in [4.78, 5) is 39.2. The minimum atomic E-state index is -0.519. The number of anilines is 2. The highest BCUT2D eigenvalue weighted by Crippen LogP contribution is 2.26. The average molecular weight is 463 g/mol. The van der Waals surface area contributed by atoms with Gasteiger partial charge in [-0.05, 0) is 31.2 Å². The number of para-hydroxylation sites is 1. The zero-order chi connectivity index (χ0) is 23.7. The van der Waals surface area contributed by atoms with Crippen LogP contribution in [0, 0.1) is 5.92 Å². The predicted octanol–water partition coefficient (Wildman–Crippen LogP) is 4.42. The van der Waals surface area contributed by atoms with E-state index in [1.165, 1.54) is 10.8 Å². The van der Waals surface area contributed by atoms with Gasteiger partial charge in [0.2, 0.25) is 5.95 Å². The van der Waals surface area contributed by atoms with E-state index in [4.69, 9.17) is 22.3 Å². The van der Waals surface area contributed by atoms with E-state index in [-0.39, 0.29) is 29.0 Å². The van der Waals surface area contributed by atoms with E-state index in [0.29, 0.717) is 33.0 Å². The highest BCUT2D eigenvalue weighted by molar-refractivity contribution is 6.35. The first-order valence-corrected chi connectivity index (χ1v) is 10.9. The molecule has 0 aliphatic rings. The van der Waals surface area contributed by atoms with Crippen molar-refractivity contribution >= 4 is 40.1 Å². The molecule has 8 nitrogen and oxygen atoms in total. The molecule has 0 bridgehead atoms. The summed E-state index contributed by atoms with van der Waals surface area (Å²) in [6.45, 7) is 5.43. The molecule has 0 radical (unpaired) electrons. The van der Waals surface area contributed by atoms with Crippen molar-refractivity contribution in [3.05, 3.63) is 81.5 Å². The molecule has 0 aliphatic carbocycles. The lowest BCUT2D eigenvalue weighted by Crippen LogP contribution is -2.28. The first-order valence-electron chi connectivity index (χ1n) is 10.5.